The minimum Gasteiger partial charge on any atom is -0.506 e. The molecule has 1 N–H and O–H groups in total. The molecule has 0 aliphatic heterocycles. The smallest absolute Gasteiger partial charge is 0.387 e. The number of benzene rings is 2. The number of hydrogen-bond donors (Lipinski definition) is 1. The lowest BCUT2D eigenvalue weighted by molar-refractivity contribution is -0.0499. The van der Waals surface area contributed by atoms with Gasteiger partial charge in [-0.25, -0.2) is 4.98 Å². The maximum absolute atomic E-state index is 12.4. The van der Waals surface area contributed by atoms with E-state index in [1.165, 1.54) is 6.07 Å². The number of pyridine rings is 1. The van der Waals surface area contributed by atoms with Crippen LogP contribution in [0, 0.1) is 0 Å². The summed E-state index contributed by atoms with van der Waals surface area (Å²) in [6.45, 7) is -2.87. The van der Waals surface area contributed by atoms with Crippen LogP contribution in [0.15, 0.2) is 54.6 Å². The summed E-state index contributed by atoms with van der Waals surface area (Å²) in [7, 11) is 0. The predicted molar refractivity (Wildman–Crippen MR) is 85.4 cm³/mol. The molecule has 0 spiro atoms. The Bertz CT molecular complexity index is 863. The zero-order valence-electron chi connectivity index (χ0n) is 12.0. The SMILES string of the molecule is Oc1cccc2ccc(C=Cc3ccccc3OC(F)F)nc12. The molecule has 0 saturated heterocycles. The predicted octanol–water partition coefficient (Wildman–Crippen LogP) is 4.71. The molecule has 3 aromatic rings. The maximum atomic E-state index is 12.4. The van der Waals surface area contributed by atoms with Gasteiger partial charge in [-0.2, -0.15) is 8.78 Å². The Balaban J connectivity index is 1.93. The molecule has 0 amide bonds. The summed E-state index contributed by atoms with van der Waals surface area (Å²) in [5.41, 5.74) is 1.62. The van der Waals surface area contributed by atoms with Crippen LogP contribution in [-0.4, -0.2) is 16.7 Å². The summed E-state index contributed by atoms with van der Waals surface area (Å²) in [5, 5.41) is 10.7. The van der Waals surface area contributed by atoms with E-state index in [0.717, 1.165) is 5.39 Å². The fourth-order valence-corrected chi connectivity index (χ4v) is 2.24. The quantitative estimate of drug-likeness (QED) is 0.758. The Morgan fingerprint density at radius 3 is 2.61 bits per heavy atom. The first-order chi connectivity index (χ1) is 11.1. The van der Waals surface area contributed by atoms with Gasteiger partial charge in [0.1, 0.15) is 17.0 Å². The molecule has 5 heteroatoms. The van der Waals surface area contributed by atoms with Gasteiger partial charge in [-0.15, -0.1) is 0 Å². The number of rotatable bonds is 4. The number of aromatic hydroxyl groups is 1. The van der Waals surface area contributed by atoms with Gasteiger partial charge in [0.15, 0.2) is 0 Å². The molecule has 23 heavy (non-hydrogen) atoms. The highest BCUT2D eigenvalue weighted by atomic mass is 19.3. The lowest BCUT2D eigenvalue weighted by atomic mass is 10.1. The monoisotopic (exact) mass is 313 g/mol. The number of hydrogen-bond acceptors (Lipinski definition) is 3. The van der Waals surface area contributed by atoms with Crippen molar-refractivity contribution in [3.05, 3.63) is 65.9 Å². The minimum atomic E-state index is -2.87. The first-order valence-electron chi connectivity index (χ1n) is 6.94. The van der Waals surface area contributed by atoms with E-state index in [2.05, 4.69) is 9.72 Å². The van der Waals surface area contributed by atoms with Crippen LogP contribution in [0.25, 0.3) is 23.1 Å². The van der Waals surface area contributed by atoms with E-state index in [0.29, 0.717) is 16.8 Å². The van der Waals surface area contributed by atoms with Crippen molar-refractivity contribution in [1.82, 2.24) is 4.98 Å². The molecule has 116 valence electrons. The highest BCUT2D eigenvalue weighted by molar-refractivity contribution is 5.85. The van der Waals surface area contributed by atoms with E-state index in [4.69, 9.17) is 0 Å². The first kappa shape index (κ1) is 15.0. The third-order valence-electron chi connectivity index (χ3n) is 3.29. The second kappa shape index (κ2) is 6.44. The molecule has 0 fully saturated rings. The minimum absolute atomic E-state index is 0.0965. The summed E-state index contributed by atoms with van der Waals surface area (Å²) >= 11 is 0. The molecule has 1 heterocycles. The number of phenols is 1. The van der Waals surface area contributed by atoms with Crippen LogP contribution in [0.1, 0.15) is 11.3 Å². The number of ether oxygens (including phenoxy) is 1. The van der Waals surface area contributed by atoms with E-state index in [1.54, 1.807) is 48.6 Å². The molecule has 0 aliphatic carbocycles. The van der Waals surface area contributed by atoms with Crippen molar-refractivity contribution in [2.24, 2.45) is 0 Å². The van der Waals surface area contributed by atoms with Crippen LogP contribution >= 0.6 is 0 Å². The number of alkyl halides is 2. The van der Waals surface area contributed by atoms with Crippen molar-refractivity contribution >= 4 is 23.1 Å². The van der Waals surface area contributed by atoms with E-state index in [1.807, 2.05) is 12.1 Å². The average molecular weight is 313 g/mol. The van der Waals surface area contributed by atoms with Gasteiger partial charge < -0.3 is 9.84 Å². The molecule has 0 aliphatic rings. The molecule has 3 rings (SSSR count). The second-order valence-electron chi connectivity index (χ2n) is 4.83. The standard InChI is InChI=1S/C18H13F2NO2/c19-18(20)23-16-7-2-1-4-12(16)8-10-14-11-9-13-5-3-6-15(22)17(13)21-14/h1-11,18,22H. The van der Waals surface area contributed by atoms with Gasteiger partial charge in [0, 0.05) is 10.9 Å². The fourth-order valence-electron chi connectivity index (χ4n) is 2.24. The van der Waals surface area contributed by atoms with Crippen molar-refractivity contribution in [1.29, 1.82) is 0 Å². The van der Waals surface area contributed by atoms with Crippen LogP contribution in [0.4, 0.5) is 8.78 Å². The Morgan fingerprint density at radius 2 is 1.78 bits per heavy atom. The van der Waals surface area contributed by atoms with Crippen LogP contribution in [-0.2, 0) is 0 Å². The summed E-state index contributed by atoms with van der Waals surface area (Å²) in [5.74, 6) is 0.196. The third kappa shape index (κ3) is 3.45. The highest BCUT2D eigenvalue weighted by Crippen LogP contribution is 2.25. The molecule has 0 atom stereocenters. The Morgan fingerprint density at radius 1 is 0.957 bits per heavy atom. The zero-order chi connectivity index (χ0) is 16.2. The van der Waals surface area contributed by atoms with Crippen molar-refractivity contribution in [3.63, 3.8) is 0 Å². The van der Waals surface area contributed by atoms with Crippen LogP contribution in [0.3, 0.4) is 0 Å². The van der Waals surface area contributed by atoms with Crippen LogP contribution in [0.2, 0.25) is 0 Å². The Hall–Kier alpha value is -2.95. The van der Waals surface area contributed by atoms with Crippen molar-refractivity contribution < 1.29 is 18.6 Å². The van der Waals surface area contributed by atoms with Gasteiger partial charge in [0.05, 0.1) is 5.69 Å². The van der Waals surface area contributed by atoms with Crippen molar-refractivity contribution in [3.8, 4) is 11.5 Å². The maximum Gasteiger partial charge on any atom is 0.387 e. The van der Waals surface area contributed by atoms with E-state index >= 15 is 0 Å². The number of halogens is 2. The van der Waals surface area contributed by atoms with Crippen LogP contribution in [0.5, 0.6) is 11.5 Å². The molecule has 2 aromatic carbocycles. The number of phenolic OH excluding ortho intramolecular Hbond substituents is 1. The molecular formula is C18H13F2NO2. The molecule has 3 nitrogen and oxygen atoms in total. The van der Waals surface area contributed by atoms with Gasteiger partial charge in [0.25, 0.3) is 0 Å². The number of aromatic nitrogens is 1. The third-order valence-corrected chi connectivity index (χ3v) is 3.29. The molecular weight excluding hydrogens is 300 g/mol. The number of fused-ring (bicyclic) bond motifs is 1. The van der Waals surface area contributed by atoms with Gasteiger partial charge in [-0.1, -0.05) is 36.4 Å². The number of para-hydroxylation sites is 2. The summed E-state index contributed by atoms with van der Waals surface area (Å²) in [4.78, 5) is 4.35. The largest absolute Gasteiger partial charge is 0.506 e. The Kier molecular flexibility index (Phi) is 4.19. The number of nitrogens with zero attached hydrogens (tertiary/aromatic N) is 1. The average Bonchev–Trinajstić information content (AvgIpc) is 2.54. The van der Waals surface area contributed by atoms with Gasteiger partial charge in [0.2, 0.25) is 0 Å². The van der Waals surface area contributed by atoms with Gasteiger partial charge in [-0.05, 0) is 30.4 Å². The molecule has 0 bridgehead atoms. The highest BCUT2D eigenvalue weighted by Gasteiger charge is 2.07. The molecule has 0 saturated carbocycles. The lowest BCUT2D eigenvalue weighted by Crippen LogP contribution is -2.02. The normalized spacial score (nSPS) is 11.4. The van der Waals surface area contributed by atoms with Crippen LogP contribution < -0.4 is 4.74 Å². The molecule has 1 aromatic heterocycles. The second-order valence-corrected chi connectivity index (χ2v) is 4.83. The van der Waals surface area contributed by atoms with E-state index < -0.39 is 6.61 Å². The van der Waals surface area contributed by atoms with E-state index in [9.17, 15) is 13.9 Å². The lowest BCUT2D eigenvalue weighted by Gasteiger charge is -2.07. The Labute approximate surface area is 131 Å². The summed E-state index contributed by atoms with van der Waals surface area (Å²) in [6.07, 6.45) is 3.32. The fraction of sp³-hybridized carbons (Fsp3) is 0.0556. The van der Waals surface area contributed by atoms with Gasteiger partial charge >= 0.3 is 6.61 Å². The molecule has 0 unspecified atom stereocenters. The van der Waals surface area contributed by atoms with Crippen molar-refractivity contribution in [2.45, 2.75) is 6.61 Å². The van der Waals surface area contributed by atoms with E-state index in [-0.39, 0.29) is 11.5 Å². The zero-order valence-corrected chi connectivity index (χ0v) is 12.0. The summed E-state index contributed by atoms with van der Waals surface area (Å²) < 4.78 is 29.3. The summed E-state index contributed by atoms with van der Waals surface area (Å²) in [6, 6.07) is 15.3. The topological polar surface area (TPSA) is 42.4 Å². The van der Waals surface area contributed by atoms with Crippen molar-refractivity contribution in [2.75, 3.05) is 0 Å². The first-order valence-corrected chi connectivity index (χ1v) is 6.94. The molecule has 0 radical (unpaired) electrons. The van der Waals surface area contributed by atoms with Gasteiger partial charge in [-0.3, -0.25) is 0 Å².